The minimum Gasteiger partial charge on any atom is -0.507 e. The van der Waals surface area contributed by atoms with Crippen molar-refractivity contribution in [1.82, 2.24) is 0 Å². The summed E-state index contributed by atoms with van der Waals surface area (Å²) in [5.41, 5.74) is 0.868. The van der Waals surface area contributed by atoms with Crippen molar-refractivity contribution in [2.75, 3.05) is 0 Å². The highest BCUT2D eigenvalue weighted by Gasteiger charge is 2.11. The minimum absolute atomic E-state index is 0.0625. The molecule has 1 aromatic rings. The van der Waals surface area contributed by atoms with Gasteiger partial charge in [-0.25, -0.2) is 0 Å². The molecule has 0 aliphatic heterocycles. The van der Waals surface area contributed by atoms with Crippen molar-refractivity contribution in [3.63, 3.8) is 0 Å². The van der Waals surface area contributed by atoms with Gasteiger partial charge in [0.2, 0.25) is 0 Å². The third-order valence-corrected chi connectivity index (χ3v) is 3.38. The number of phenolic OH excluding ortho intramolecular Hbond substituents is 2. The first-order chi connectivity index (χ1) is 5.57. The van der Waals surface area contributed by atoms with E-state index in [-0.39, 0.29) is 11.5 Å². The van der Waals surface area contributed by atoms with Crippen molar-refractivity contribution < 1.29 is 10.2 Å². The fraction of sp³-hybridized carbons (Fsp3) is 0.250. The van der Waals surface area contributed by atoms with E-state index in [1.165, 1.54) is 6.07 Å². The van der Waals surface area contributed by atoms with Gasteiger partial charge in [-0.1, -0.05) is 6.92 Å². The topological polar surface area (TPSA) is 40.5 Å². The summed E-state index contributed by atoms with van der Waals surface area (Å²) in [6.07, 6.45) is 0.739. The van der Waals surface area contributed by atoms with Crippen LogP contribution in [0.3, 0.4) is 0 Å². The van der Waals surface area contributed by atoms with Gasteiger partial charge in [-0.15, -0.1) is 0 Å². The molecule has 0 bridgehead atoms. The number of hydrogen-bond acceptors (Lipinski definition) is 2. The van der Waals surface area contributed by atoms with E-state index in [2.05, 4.69) is 31.9 Å². The van der Waals surface area contributed by atoms with E-state index < -0.39 is 0 Å². The molecule has 0 saturated carbocycles. The molecule has 2 nitrogen and oxygen atoms in total. The van der Waals surface area contributed by atoms with Gasteiger partial charge in [-0.05, 0) is 43.8 Å². The molecule has 0 atom stereocenters. The second-order valence-corrected chi connectivity index (χ2v) is 3.96. The summed E-state index contributed by atoms with van der Waals surface area (Å²) in [5, 5.41) is 18.6. The number of aromatic hydroxyl groups is 2. The highest BCUT2D eigenvalue weighted by Crippen LogP contribution is 2.39. The van der Waals surface area contributed by atoms with Crippen molar-refractivity contribution in [1.29, 1.82) is 0 Å². The van der Waals surface area contributed by atoms with Gasteiger partial charge in [-0.3, -0.25) is 0 Å². The first-order valence-electron chi connectivity index (χ1n) is 3.46. The molecule has 0 aliphatic carbocycles. The Hall–Kier alpha value is -0.220. The van der Waals surface area contributed by atoms with Crippen LogP contribution in [0.1, 0.15) is 12.5 Å². The number of phenols is 2. The van der Waals surface area contributed by atoms with Crippen LogP contribution in [-0.2, 0) is 6.42 Å². The monoisotopic (exact) mass is 294 g/mol. The van der Waals surface area contributed by atoms with E-state index in [0.717, 1.165) is 12.0 Å². The Morgan fingerprint density at radius 1 is 1.17 bits per heavy atom. The van der Waals surface area contributed by atoms with Crippen molar-refractivity contribution in [2.24, 2.45) is 0 Å². The van der Waals surface area contributed by atoms with E-state index in [4.69, 9.17) is 0 Å². The molecule has 0 saturated heterocycles. The van der Waals surface area contributed by atoms with Crippen molar-refractivity contribution >= 4 is 31.9 Å². The maximum atomic E-state index is 9.31. The zero-order chi connectivity index (χ0) is 9.30. The van der Waals surface area contributed by atoms with Crippen LogP contribution in [0.25, 0.3) is 0 Å². The fourth-order valence-electron chi connectivity index (χ4n) is 0.972. The summed E-state index contributed by atoms with van der Waals surface area (Å²) in [6.45, 7) is 1.95. The second kappa shape index (κ2) is 3.66. The molecular weight excluding hydrogens is 288 g/mol. The average molecular weight is 296 g/mol. The van der Waals surface area contributed by atoms with Crippen LogP contribution >= 0.6 is 31.9 Å². The van der Waals surface area contributed by atoms with Crippen molar-refractivity contribution in [3.05, 3.63) is 20.6 Å². The smallest absolute Gasteiger partial charge is 0.133 e. The molecule has 12 heavy (non-hydrogen) atoms. The molecule has 1 rings (SSSR count). The first kappa shape index (κ1) is 9.86. The predicted octanol–water partition coefficient (Wildman–Crippen LogP) is 3.19. The SMILES string of the molecule is CCc1c(Br)c(O)cc(O)c1Br. The van der Waals surface area contributed by atoms with Gasteiger partial charge in [0, 0.05) is 6.07 Å². The Morgan fingerprint density at radius 3 is 1.92 bits per heavy atom. The lowest BCUT2D eigenvalue weighted by molar-refractivity contribution is 0.444. The molecular formula is C8H8Br2O2. The zero-order valence-electron chi connectivity index (χ0n) is 6.43. The summed E-state index contributed by atoms with van der Waals surface area (Å²) in [4.78, 5) is 0. The number of hydrogen-bond donors (Lipinski definition) is 2. The standard InChI is InChI=1S/C8H8Br2O2/c1-2-4-7(9)5(11)3-6(12)8(4)10/h3,11-12H,2H2,1H3. The Morgan fingerprint density at radius 2 is 1.58 bits per heavy atom. The lowest BCUT2D eigenvalue weighted by Gasteiger charge is -2.08. The number of halogens is 2. The molecule has 0 spiro atoms. The molecule has 4 heteroatoms. The molecule has 0 unspecified atom stereocenters. The van der Waals surface area contributed by atoms with Gasteiger partial charge in [0.1, 0.15) is 11.5 Å². The molecule has 0 heterocycles. The third-order valence-electron chi connectivity index (χ3n) is 1.61. The molecule has 0 aliphatic rings. The van der Waals surface area contributed by atoms with Crippen LogP contribution in [0, 0.1) is 0 Å². The lowest BCUT2D eigenvalue weighted by Crippen LogP contribution is -1.86. The van der Waals surface area contributed by atoms with Crippen LogP contribution in [0.15, 0.2) is 15.0 Å². The van der Waals surface area contributed by atoms with Crippen LogP contribution in [0.2, 0.25) is 0 Å². The van der Waals surface area contributed by atoms with Crippen LogP contribution in [-0.4, -0.2) is 10.2 Å². The van der Waals surface area contributed by atoms with Gasteiger partial charge in [0.15, 0.2) is 0 Å². The molecule has 2 N–H and O–H groups in total. The largest absolute Gasteiger partial charge is 0.507 e. The molecule has 0 amide bonds. The fourth-order valence-corrected chi connectivity index (χ4v) is 2.42. The molecule has 0 aromatic heterocycles. The van der Waals surface area contributed by atoms with Crippen LogP contribution in [0.4, 0.5) is 0 Å². The lowest BCUT2D eigenvalue weighted by atomic mass is 10.1. The maximum Gasteiger partial charge on any atom is 0.133 e. The summed E-state index contributed by atoms with van der Waals surface area (Å²) in [7, 11) is 0. The summed E-state index contributed by atoms with van der Waals surface area (Å²) in [6, 6.07) is 1.30. The van der Waals surface area contributed by atoms with Crippen molar-refractivity contribution in [3.8, 4) is 11.5 Å². The predicted molar refractivity (Wildman–Crippen MR) is 54.5 cm³/mol. The molecule has 66 valence electrons. The van der Waals surface area contributed by atoms with Gasteiger partial charge in [0.05, 0.1) is 8.95 Å². The van der Waals surface area contributed by atoms with E-state index in [9.17, 15) is 10.2 Å². The molecule has 0 fully saturated rings. The second-order valence-electron chi connectivity index (χ2n) is 2.37. The zero-order valence-corrected chi connectivity index (χ0v) is 9.61. The summed E-state index contributed by atoms with van der Waals surface area (Å²) < 4.78 is 1.27. The average Bonchev–Trinajstić information content (AvgIpc) is 2.02. The minimum atomic E-state index is 0.0625. The van der Waals surface area contributed by atoms with E-state index in [1.54, 1.807) is 0 Å². The van der Waals surface area contributed by atoms with E-state index in [1.807, 2.05) is 6.92 Å². The Labute approximate surface area is 87.5 Å². The normalized spacial score (nSPS) is 10.2. The highest BCUT2D eigenvalue weighted by atomic mass is 79.9. The quantitative estimate of drug-likeness (QED) is 0.835. The highest BCUT2D eigenvalue weighted by molar-refractivity contribution is 9.11. The Balaban J connectivity index is 3.42. The van der Waals surface area contributed by atoms with E-state index >= 15 is 0 Å². The van der Waals surface area contributed by atoms with Crippen LogP contribution < -0.4 is 0 Å². The van der Waals surface area contributed by atoms with Crippen molar-refractivity contribution in [2.45, 2.75) is 13.3 Å². The van der Waals surface area contributed by atoms with Crippen LogP contribution in [0.5, 0.6) is 11.5 Å². The third kappa shape index (κ3) is 1.59. The summed E-state index contributed by atoms with van der Waals surface area (Å²) >= 11 is 6.47. The van der Waals surface area contributed by atoms with E-state index in [0.29, 0.717) is 8.95 Å². The van der Waals surface area contributed by atoms with Gasteiger partial charge in [0.25, 0.3) is 0 Å². The Bertz CT molecular complexity index is 284. The maximum absolute atomic E-state index is 9.31. The first-order valence-corrected chi connectivity index (χ1v) is 5.05. The van der Waals surface area contributed by atoms with Gasteiger partial charge >= 0.3 is 0 Å². The molecule has 0 radical (unpaired) electrons. The van der Waals surface area contributed by atoms with Gasteiger partial charge < -0.3 is 10.2 Å². The summed E-state index contributed by atoms with van der Waals surface area (Å²) in [5.74, 6) is 0.125. The number of benzene rings is 1. The number of rotatable bonds is 1. The molecule has 1 aromatic carbocycles. The Kier molecular flexibility index (Phi) is 3.01. The van der Waals surface area contributed by atoms with Gasteiger partial charge in [-0.2, -0.15) is 0 Å².